The second-order valence-corrected chi connectivity index (χ2v) is 8.94. The number of benzene rings is 1. The lowest BCUT2D eigenvalue weighted by atomic mass is 9.90. The van der Waals surface area contributed by atoms with E-state index in [0.717, 1.165) is 4.47 Å². The first-order valence-electron chi connectivity index (χ1n) is 8.89. The lowest BCUT2D eigenvalue weighted by Gasteiger charge is -2.32. The largest absolute Gasteiger partial charge is 0.444 e. The number of likely N-dealkylation sites (tertiary alicyclic amines) is 1. The Labute approximate surface area is 172 Å². The van der Waals surface area contributed by atoms with Gasteiger partial charge in [0.2, 0.25) is 11.8 Å². The van der Waals surface area contributed by atoms with Gasteiger partial charge in [-0.3, -0.25) is 14.5 Å². The van der Waals surface area contributed by atoms with Gasteiger partial charge >= 0.3 is 6.09 Å². The predicted molar refractivity (Wildman–Crippen MR) is 106 cm³/mol. The van der Waals surface area contributed by atoms with Gasteiger partial charge in [0.15, 0.2) is 0 Å². The molecule has 0 bridgehead atoms. The van der Waals surface area contributed by atoms with E-state index in [4.69, 9.17) is 10.5 Å². The van der Waals surface area contributed by atoms with E-state index in [1.165, 1.54) is 11.8 Å². The van der Waals surface area contributed by atoms with Crippen LogP contribution in [0, 0.1) is 0 Å². The molecule has 0 aliphatic carbocycles. The van der Waals surface area contributed by atoms with Crippen LogP contribution < -0.4 is 11.1 Å². The van der Waals surface area contributed by atoms with Gasteiger partial charge in [-0.05, 0) is 45.4 Å². The molecule has 4 N–H and O–H groups in total. The maximum absolute atomic E-state index is 12.9. The summed E-state index contributed by atoms with van der Waals surface area (Å²) in [4.78, 5) is 38.7. The lowest BCUT2D eigenvalue weighted by molar-refractivity contribution is -0.133. The minimum Gasteiger partial charge on any atom is -0.444 e. The summed E-state index contributed by atoms with van der Waals surface area (Å²) in [5.74, 6) is -1.34. The van der Waals surface area contributed by atoms with Crippen LogP contribution in [0.3, 0.4) is 0 Å². The van der Waals surface area contributed by atoms with Gasteiger partial charge in [-0.2, -0.15) is 0 Å². The highest BCUT2D eigenvalue weighted by atomic mass is 79.9. The van der Waals surface area contributed by atoms with E-state index in [1.807, 2.05) is 0 Å². The molecule has 1 heterocycles. The van der Waals surface area contributed by atoms with Gasteiger partial charge in [0, 0.05) is 10.9 Å². The van der Waals surface area contributed by atoms with Crippen molar-refractivity contribution in [1.82, 2.24) is 10.2 Å². The number of nitrogens with two attached hydrogens (primary N) is 1. The van der Waals surface area contributed by atoms with Crippen LogP contribution in [0.2, 0.25) is 0 Å². The van der Waals surface area contributed by atoms with Crippen molar-refractivity contribution in [1.29, 1.82) is 0 Å². The highest BCUT2D eigenvalue weighted by Gasteiger charge is 2.44. The van der Waals surface area contributed by atoms with E-state index < -0.39 is 41.2 Å². The van der Waals surface area contributed by atoms with E-state index in [9.17, 15) is 19.5 Å². The molecule has 1 aliphatic rings. The topological polar surface area (TPSA) is 122 Å². The van der Waals surface area contributed by atoms with Crippen LogP contribution in [-0.4, -0.2) is 52.2 Å². The number of carbonyl (C=O) groups excluding carboxylic acids is 3. The highest BCUT2D eigenvalue weighted by Crippen LogP contribution is 2.26. The van der Waals surface area contributed by atoms with Crippen LogP contribution in [0.1, 0.15) is 39.7 Å². The smallest absolute Gasteiger partial charge is 0.411 e. The molecule has 3 amide bonds. The number of ether oxygens (including phenoxy) is 1. The Hall–Kier alpha value is -2.13. The third kappa shape index (κ3) is 5.02. The van der Waals surface area contributed by atoms with Gasteiger partial charge in [0.05, 0.1) is 12.6 Å². The van der Waals surface area contributed by atoms with Crippen molar-refractivity contribution in [2.75, 3.05) is 6.54 Å². The zero-order valence-corrected chi connectivity index (χ0v) is 17.9. The maximum Gasteiger partial charge on any atom is 0.411 e. The molecule has 2 rings (SSSR count). The number of aliphatic hydroxyl groups excluding tert-OH is 1. The normalized spacial score (nSPS) is 21.7. The number of β-amino-alcohol motifs (C(OH)–C–C–N with tert-alkyl or cyclic N) is 1. The maximum atomic E-state index is 12.9. The zero-order chi connectivity index (χ0) is 21.3. The number of primary amides is 1. The number of aliphatic hydroxyl groups is 1. The number of hydrogen-bond acceptors (Lipinski definition) is 5. The molecule has 0 unspecified atom stereocenters. The highest BCUT2D eigenvalue weighted by molar-refractivity contribution is 9.10. The molecule has 0 saturated carbocycles. The summed E-state index contributed by atoms with van der Waals surface area (Å²) < 4.78 is 6.13. The summed E-state index contributed by atoms with van der Waals surface area (Å²) in [6, 6.07) is 5.83. The molecule has 1 fully saturated rings. The minimum absolute atomic E-state index is 0.0292. The van der Waals surface area contributed by atoms with E-state index in [2.05, 4.69) is 21.2 Å². The van der Waals surface area contributed by atoms with Crippen LogP contribution in [-0.2, 0) is 19.9 Å². The van der Waals surface area contributed by atoms with Crippen LogP contribution in [0.4, 0.5) is 4.79 Å². The number of nitrogens with zero attached hydrogens (tertiary/aromatic N) is 1. The molecule has 1 aromatic rings. The Bertz CT molecular complexity index is 762. The van der Waals surface area contributed by atoms with E-state index in [-0.39, 0.29) is 13.0 Å². The lowest BCUT2D eigenvalue weighted by Crippen LogP contribution is -2.57. The van der Waals surface area contributed by atoms with Gasteiger partial charge in [-0.25, -0.2) is 4.79 Å². The van der Waals surface area contributed by atoms with Crippen LogP contribution in [0.5, 0.6) is 0 Å². The summed E-state index contributed by atoms with van der Waals surface area (Å²) in [6.07, 6.45) is -1.52. The molecule has 0 spiro atoms. The fourth-order valence-electron chi connectivity index (χ4n) is 2.97. The number of hydrogen-bond donors (Lipinski definition) is 3. The van der Waals surface area contributed by atoms with Crippen LogP contribution >= 0.6 is 15.9 Å². The average Bonchev–Trinajstić information content (AvgIpc) is 2.96. The molecule has 28 heavy (non-hydrogen) atoms. The monoisotopic (exact) mass is 455 g/mol. The predicted octanol–water partition coefficient (Wildman–Crippen LogP) is 1.64. The Kier molecular flexibility index (Phi) is 6.40. The van der Waals surface area contributed by atoms with Gasteiger partial charge in [-0.15, -0.1) is 0 Å². The molecule has 154 valence electrons. The van der Waals surface area contributed by atoms with Crippen molar-refractivity contribution in [3.63, 3.8) is 0 Å². The summed E-state index contributed by atoms with van der Waals surface area (Å²) in [5, 5.41) is 12.6. The van der Waals surface area contributed by atoms with E-state index >= 15 is 0 Å². The molecule has 1 aliphatic heterocycles. The number of halogens is 1. The molecule has 0 radical (unpaired) electrons. The third-order valence-electron chi connectivity index (χ3n) is 4.50. The van der Waals surface area contributed by atoms with Crippen LogP contribution in [0.25, 0.3) is 0 Å². The minimum atomic E-state index is -1.48. The van der Waals surface area contributed by atoms with E-state index in [0.29, 0.717) is 5.56 Å². The first kappa shape index (κ1) is 22.2. The van der Waals surface area contributed by atoms with Gasteiger partial charge in [0.1, 0.15) is 17.2 Å². The molecule has 1 aromatic carbocycles. The Morgan fingerprint density at radius 2 is 1.79 bits per heavy atom. The molecule has 0 aromatic heterocycles. The summed E-state index contributed by atoms with van der Waals surface area (Å²) in [6.45, 7) is 6.61. The fourth-order valence-corrected chi connectivity index (χ4v) is 3.24. The molecule has 3 atom stereocenters. The van der Waals surface area contributed by atoms with E-state index in [1.54, 1.807) is 45.0 Å². The molecular weight excluding hydrogens is 430 g/mol. The standard InChI is InChI=1S/C19H26BrN3O5/c1-18(2,3)28-17(27)23-10-13(24)9-14(23)15(25)22-19(4,16(21)26)11-5-7-12(20)8-6-11/h5-8,13-14,24H,9-10H2,1-4H3,(H2,21,26)(H,22,25)/t13-,14+,19+/m1/s1. The quantitative estimate of drug-likeness (QED) is 0.636. The second-order valence-electron chi connectivity index (χ2n) is 8.02. The molecule has 9 heteroatoms. The molecular formula is C19H26BrN3O5. The number of amides is 3. The molecule has 8 nitrogen and oxygen atoms in total. The zero-order valence-electron chi connectivity index (χ0n) is 16.4. The van der Waals surface area contributed by atoms with Crippen LogP contribution in [0.15, 0.2) is 28.7 Å². The van der Waals surface area contributed by atoms with Crippen molar-refractivity contribution in [3.05, 3.63) is 34.3 Å². The van der Waals surface area contributed by atoms with Gasteiger partial charge in [-0.1, -0.05) is 28.1 Å². The number of carbonyl (C=O) groups is 3. The van der Waals surface area contributed by atoms with Crippen molar-refractivity contribution in [3.8, 4) is 0 Å². The Morgan fingerprint density at radius 1 is 1.21 bits per heavy atom. The summed E-state index contributed by atoms with van der Waals surface area (Å²) in [5.41, 5.74) is 3.85. The average molecular weight is 456 g/mol. The Morgan fingerprint density at radius 3 is 2.29 bits per heavy atom. The van der Waals surface area contributed by atoms with Gasteiger partial charge in [0.25, 0.3) is 0 Å². The van der Waals surface area contributed by atoms with Crippen molar-refractivity contribution >= 4 is 33.8 Å². The fraction of sp³-hybridized carbons (Fsp3) is 0.526. The third-order valence-corrected chi connectivity index (χ3v) is 5.03. The Balaban J connectivity index is 2.25. The SMILES string of the molecule is CC(C)(C)OC(=O)N1C[C@H](O)C[C@H]1C(=O)N[C@](C)(C(N)=O)c1ccc(Br)cc1. The summed E-state index contributed by atoms with van der Waals surface area (Å²) in [7, 11) is 0. The molecule has 1 saturated heterocycles. The second kappa shape index (κ2) is 8.08. The van der Waals surface area contributed by atoms with Crippen molar-refractivity contribution in [2.45, 2.75) is 57.4 Å². The first-order chi connectivity index (χ1) is 12.8. The number of nitrogens with one attached hydrogen (secondary N) is 1. The first-order valence-corrected chi connectivity index (χ1v) is 9.68. The number of rotatable bonds is 4. The van der Waals surface area contributed by atoms with Crippen molar-refractivity contribution < 1.29 is 24.2 Å². The van der Waals surface area contributed by atoms with Crippen molar-refractivity contribution in [2.24, 2.45) is 5.73 Å². The van der Waals surface area contributed by atoms with Gasteiger partial charge < -0.3 is 20.9 Å². The summed E-state index contributed by atoms with van der Waals surface area (Å²) >= 11 is 3.32.